The third kappa shape index (κ3) is 3.08. The maximum atomic E-state index is 12.3. The molecule has 0 spiro atoms. The second kappa shape index (κ2) is 5.12. The molecule has 0 unspecified atom stereocenters. The highest BCUT2D eigenvalue weighted by atomic mass is 16.6. The average molecular weight is 268 g/mol. The molecule has 0 aliphatic rings. The van der Waals surface area contributed by atoms with E-state index in [-0.39, 0.29) is 5.97 Å². The second-order valence-electron chi connectivity index (χ2n) is 6.02. The van der Waals surface area contributed by atoms with Crippen LogP contribution >= 0.6 is 0 Å². The van der Waals surface area contributed by atoms with E-state index in [9.17, 15) is 4.79 Å². The molecule has 2 nitrogen and oxygen atoms in total. The van der Waals surface area contributed by atoms with Crippen LogP contribution in [0.4, 0.5) is 0 Å². The minimum Gasteiger partial charge on any atom is -0.456 e. The molecule has 2 aromatic carbocycles. The Kier molecular flexibility index (Phi) is 3.67. The maximum absolute atomic E-state index is 12.3. The van der Waals surface area contributed by atoms with Crippen molar-refractivity contribution in [1.82, 2.24) is 0 Å². The highest BCUT2D eigenvalue weighted by Crippen LogP contribution is 2.24. The number of carbonyl (C=O) groups is 1. The van der Waals surface area contributed by atoms with Gasteiger partial charge in [0.1, 0.15) is 5.60 Å². The van der Waals surface area contributed by atoms with Crippen LogP contribution in [0.5, 0.6) is 0 Å². The zero-order valence-electron chi connectivity index (χ0n) is 12.5. The van der Waals surface area contributed by atoms with Crippen LogP contribution in [-0.2, 0) is 4.74 Å². The summed E-state index contributed by atoms with van der Waals surface area (Å²) in [5, 5.41) is 1.93. The third-order valence-corrected chi connectivity index (χ3v) is 2.99. The summed E-state index contributed by atoms with van der Waals surface area (Å²) < 4.78 is 5.45. The van der Waals surface area contributed by atoms with Crippen LogP contribution < -0.4 is 0 Å². The first kappa shape index (κ1) is 14.3. The molecule has 0 aliphatic carbocycles. The number of allylic oxidation sites excluding steroid dienone is 1. The van der Waals surface area contributed by atoms with Crippen LogP contribution in [0.3, 0.4) is 0 Å². The molecule has 0 heterocycles. The van der Waals surface area contributed by atoms with E-state index >= 15 is 0 Å². The molecule has 104 valence electrons. The standard InChI is InChI=1S/C18H20O2/c1-12(2)13-9-10-15-14(11-13)7-6-8-16(15)17(19)20-18(3,4)5/h6-11H,1H2,2-5H3. The predicted molar refractivity (Wildman–Crippen MR) is 83.8 cm³/mol. The lowest BCUT2D eigenvalue weighted by Crippen LogP contribution is -2.24. The van der Waals surface area contributed by atoms with Crippen LogP contribution in [-0.4, -0.2) is 11.6 Å². The zero-order valence-corrected chi connectivity index (χ0v) is 12.5. The fourth-order valence-corrected chi connectivity index (χ4v) is 2.06. The van der Waals surface area contributed by atoms with Crippen LogP contribution in [0.25, 0.3) is 16.3 Å². The van der Waals surface area contributed by atoms with Gasteiger partial charge in [-0.15, -0.1) is 0 Å². The van der Waals surface area contributed by atoms with Crippen LogP contribution in [0.2, 0.25) is 0 Å². The SMILES string of the molecule is C=C(C)c1ccc2c(C(=O)OC(C)(C)C)cccc2c1. The van der Waals surface area contributed by atoms with Gasteiger partial charge < -0.3 is 4.74 Å². The molecule has 0 fully saturated rings. The number of rotatable bonds is 2. The number of hydrogen-bond donors (Lipinski definition) is 0. The van der Waals surface area contributed by atoms with Crippen molar-refractivity contribution in [2.24, 2.45) is 0 Å². The number of ether oxygens (including phenoxy) is 1. The molecule has 0 saturated heterocycles. The fraction of sp³-hybridized carbons (Fsp3) is 0.278. The van der Waals surface area contributed by atoms with Crippen molar-refractivity contribution in [2.75, 3.05) is 0 Å². The first-order valence-corrected chi connectivity index (χ1v) is 6.70. The van der Waals surface area contributed by atoms with Crippen molar-refractivity contribution in [1.29, 1.82) is 0 Å². The van der Waals surface area contributed by atoms with E-state index in [2.05, 4.69) is 6.58 Å². The summed E-state index contributed by atoms with van der Waals surface area (Å²) in [5.74, 6) is -0.286. The van der Waals surface area contributed by atoms with Crippen LogP contribution in [0, 0.1) is 0 Å². The van der Waals surface area contributed by atoms with Gasteiger partial charge in [-0.2, -0.15) is 0 Å². The normalized spacial score (nSPS) is 11.4. The Morgan fingerprint density at radius 1 is 1.15 bits per heavy atom. The average Bonchev–Trinajstić information content (AvgIpc) is 2.35. The monoisotopic (exact) mass is 268 g/mol. The summed E-state index contributed by atoms with van der Waals surface area (Å²) in [6, 6.07) is 11.7. The number of benzene rings is 2. The van der Waals surface area contributed by atoms with Gasteiger partial charge in [0.25, 0.3) is 0 Å². The summed E-state index contributed by atoms with van der Waals surface area (Å²) in [6.07, 6.45) is 0. The van der Waals surface area contributed by atoms with Crippen molar-refractivity contribution in [3.05, 3.63) is 54.1 Å². The second-order valence-corrected chi connectivity index (χ2v) is 6.02. The molecule has 0 bridgehead atoms. The lowest BCUT2D eigenvalue weighted by molar-refractivity contribution is 0.00719. The minimum absolute atomic E-state index is 0.286. The summed E-state index contributed by atoms with van der Waals surface area (Å²) in [6.45, 7) is 11.5. The Bertz CT molecular complexity index is 675. The van der Waals surface area contributed by atoms with E-state index in [1.54, 1.807) is 6.07 Å². The van der Waals surface area contributed by atoms with Gasteiger partial charge in [0, 0.05) is 0 Å². The molecule has 0 amide bonds. The summed E-state index contributed by atoms with van der Waals surface area (Å²) in [7, 11) is 0. The molecule has 0 N–H and O–H groups in total. The number of hydrogen-bond acceptors (Lipinski definition) is 2. The Labute approximate surface area is 120 Å². The Morgan fingerprint density at radius 3 is 2.45 bits per heavy atom. The first-order valence-electron chi connectivity index (χ1n) is 6.70. The summed E-state index contributed by atoms with van der Waals surface area (Å²) in [4.78, 5) is 12.3. The van der Waals surface area contributed by atoms with E-state index < -0.39 is 5.60 Å². The van der Waals surface area contributed by atoms with Crippen molar-refractivity contribution in [3.63, 3.8) is 0 Å². The first-order chi connectivity index (χ1) is 9.28. The topological polar surface area (TPSA) is 26.3 Å². The van der Waals surface area contributed by atoms with E-state index in [0.29, 0.717) is 5.56 Å². The lowest BCUT2D eigenvalue weighted by Gasteiger charge is -2.20. The number of carbonyl (C=O) groups excluding carboxylic acids is 1. The highest BCUT2D eigenvalue weighted by Gasteiger charge is 2.19. The van der Waals surface area contributed by atoms with Gasteiger partial charge in [-0.1, -0.05) is 36.4 Å². The van der Waals surface area contributed by atoms with Crippen molar-refractivity contribution in [3.8, 4) is 0 Å². The molecule has 0 saturated carbocycles. The van der Waals surface area contributed by atoms with Crippen molar-refractivity contribution in [2.45, 2.75) is 33.3 Å². The number of fused-ring (bicyclic) bond motifs is 1. The minimum atomic E-state index is -0.489. The third-order valence-electron chi connectivity index (χ3n) is 2.99. The molecular weight excluding hydrogens is 248 g/mol. The smallest absolute Gasteiger partial charge is 0.339 e. The summed E-state index contributed by atoms with van der Waals surface area (Å²) >= 11 is 0. The van der Waals surface area contributed by atoms with E-state index in [1.807, 2.05) is 58.0 Å². The van der Waals surface area contributed by atoms with Crippen LogP contribution in [0.1, 0.15) is 43.6 Å². The van der Waals surface area contributed by atoms with E-state index in [4.69, 9.17) is 4.74 Å². The molecule has 2 rings (SSSR count). The van der Waals surface area contributed by atoms with Gasteiger partial charge >= 0.3 is 5.97 Å². The van der Waals surface area contributed by atoms with Crippen molar-refractivity contribution >= 4 is 22.3 Å². The predicted octanol–water partition coefficient (Wildman–Crippen LogP) is 4.83. The molecule has 20 heavy (non-hydrogen) atoms. The molecule has 2 aromatic rings. The van der Waals surface area contributed by atoms with Gasteiger partial charge in [0.2, 0.25) is 0 Å². The zero-order chi connectivity index (χ0) is 14.9. The molecule has 0 aromatic heterocycles. The van der Waals surface area contributed by atoms with Gasteiger partial charge in [-0.05, 0) is 56.2 Å². The summed E-state index contributed by atoms with van der Waals surface area (Å²) in [5.41, 5.74) is 2.20. The van der Waals surface area contributed by atoms with E-state index in [1.165, 1.54) is 0 Å². The Balaban J connectivity index is 2.50. The highest BCUT2D eigenvalue weighted by molar-refractivity contribution is 6.05. The largest absolute Gasteiger partial charge is 0.456 e. The van der Waals surface area contributed by atoms with Gasteiger partial charge in [0.15, 0.2) is 0 Å². The fourth-order valence-electron chi connectivity index (χ4n) is 2.06. The molecule has 0 aliphatic heterocycles. The molecule has 0 radical (unpaired) electrons. The van der Waals surface area contributed by atoms with Gasteiger partial charge in [-0.25, -0.2) is 4.79 Å². The maximum Gasteiger partial charge on any atom is 0.339 e. The number of esters is 1. The van der Waals surface area contributed by atoms with Gasteiger partial charge in [0.05, 0.1) is 5.56 Å². The lowest BCUT2D eigenvalue weighted by atomic mass is 9.99. The van der Waals surface area contributed by atoms with Gasteiger partial charge in [-0.3, -0.25) is 0 Å². The molecule has 2 heteroatoms. The quantitative estimate of drug-likeness (QED) is 0.729. The Morgan fingerprint density at radius 2 is 1.85 bits per heavy atom. The van der Waals surface area contributed by atoms with Crippen LogP contribution in [0.15, 0.2) is 43.0 Å². The molecule has 0 atom stereocenters. The van der Waals surface area contributed by atoms with E-state index in [0.717, 1.165) is 21.9 Å². The molecular formula is C18H20O2. The van der Waals surface area contributed by atoms with Crippen molar-refractivity contribution < 1.29 is 9.53 Å². The Hall–Kier alpha value is -2.09.